The van der Waals surface area contributed by atoms with Crippen molar-refractivity contribution < 1.29 is 111 Å². The summed E-state index contributed by atoms with van der Waals surface area (Å²) < 4.78 is 89.3. The van der Waals surface area contributed by atoms with Crippen molar-refractivity contribution in [3.63, 3.8) is 0 Å². The second kappa shape index (κ2) is 34.5. The Kier molecular flexibility index (Phi) is 27.5. The Morgan fingerprint density at radius 3 is 1.30 bits per heavy atom. The maximum atomic E-state index is 12.9. The van der Waals surface area contributed by atoms with E-state index in [0.717, 1.165) is 0 Å². The number of nitrogens with two attached hydrogens (primary N) is 1. The summed E-state index contributed by atoms with van der Waals surface area (Å²) in [5, 5.41) is 8.03. The Labute approximate surface area is 486 Å². The Morgan fingerprint density at radius 1 is 0.488 bits per heavy atom. The monoisotopic (exact) mass is 1230 g/mol. The normalized spacial score (nSPS) is 12.2. The third kappa shape index (κ3) is 23.3. The largest absolute Gasteiger partial charge is 0.519 e. The molecule has 2 aliphatic heterocycles. The van der Waals surface area contributed by atoms with Gasteiger partial charge in [-0.3, -0.25) is 4.79 Å². The van der Waals surface area contributed by atoms with E-state index >= 15 is 0 Å². The average Bonchev–Trinajstić information content (AvgIpc) is 4.52. The minimum Gasteiger partial charge on any atom is -0.457 e. The number of amides is 5. The van der Waals surface area contributed by atoms with Gasteiger partial charge in [0.25, 0.3) is 11.9 Å². The summed E-state index contributed by atoms with van der Waals surface area (Å²) in [4.78, 5) is 123. The second-order valence-corrected chi connectivity index (χ2v) is 17.4. The summed E-state index contributed by atoms with van der Waals surface area (Å²) in [5.74, 6) is -1.99. The van der Waals surface area contributed by atoms with Crippen LogP contribution in [0.3, 0.4) is 0 Å². The molecule has 6 heterocycles. The molecular formula is C51H67N7O28. The molecule has 0 unspecified atom stereocenters. The van der Waals surface area contributed by atoms with E-state index in [-0.39, 0.29) is 170 Å². The van der Waals surface area contributed by atoms with Gasteiger partial charge in [0.15, 0.2) is 97.2 Å². The summed E-state index contributed by atoms with van der Waals surface area (Å²) in [6, 6.07) is 0. The van der Waals surface area contributed by atoms with Crippen molar-refractivity contribution in [2.24, 2.45) is 5.73 Å². The Balaban J connectivity index is 0.000000364. The topological polar surface area (TPSA) is 440 Å². The van der Waals surface area contributed by atoms with Gasteiger partial charge in [0.2, 0.25) is 0 Å². The number of rotatable bonds is 30. The van der Waals surface area contributed by atoms with Crippen LogP contribution in [0.5, 0.6) is 0 Å². The SMILES string of the molecule is C.C=C1OC(C)=C(COC(=O)CCCNCCN(CCNC(=O)OCc2oc(=O)oc2C)C(=O)OCc2oc(=O)oc2C)O1.C=C1OC=C(COC(=O)N(CCN)CCN(CCNC(=O)OCc2oc(=O)oc2C)C(=O)OCc2oc(=O)oc2C)O1. The van der Waals surface area contributed by atoms with Gasteiger partial charge in [-0.25, -0.2) is 43.2 Å². The minimum atomic E-state index is -0.950. The standard InChI is InChI=1S/C26H33N3O14.C24H30N4O14.CH4/c1-15-19(41-18(4)38-15)12-35-22(30)6-5-7-27-8-10-29(24(32)37-14-21-17(3)40-26(34)43-21)11-9-28-23(31)36-13-20-16(2)39-25(33)42-20;1-14-18(41-23(32)38-14)12-35-20(29)26-5-7-28(22(31)37-13-19-15(2)39-24(33)42-19)9-8-27(6-4-25)21(30)36-11-17-10-34-16(3)40-17;/h27H,4-14H2,1-3H3,(H,28,31);10H,3-9,11-13,25H2,1-2H3,(H,26,29);1H4. The van der Waals surface area contributed by atoms with E-state index in [1.54, 1.807) is 6.92 Å². The lowest BCUT2D eigenvalue weighted by molar-refractivity contribution is -0.143. The van der Waals surface area contributed by atoms with Crippen molar-refractivity contribution >= 4 is 36.4 Å². The molecule has 0 atom stereocenters. The summed E-state index contributed by atoms with van der Waals surface area (Å²) in [5.41, 5.74) is 5.63. The van der Waals surface area contributed by atoms with E-state index in [0.29, 0.717) is 31.0 Å². The van der Waals surface area contributed by atoms with Crippen LogP contribution in [-0.2, 0) is 78.6 Å². The van der Waals surface area contributed by atoms with Crippen LogP contribution in [0.25, 0.3) is 0 Å². The zero-order chi connectivity index (χ0) is 62.0. The highest BCUT2D eigenvalue weighted by molar-refractivity contribution is 5.71. The van der Waals surface area contributed by atoms with Gasteiger partial charge in [0.05, 0.1) is 0 Å². The van der Waals surface area contributed by atoms with E-state index in [1.807, 2.05) is 0 Å². The molecule has 35 heteroatoms. The van der Waals surface area contributed by atoms with Gasteiger partial charge in [-0.2, -0.15) is 0 Å². The van der Waals surface area contributed by atoms with Crippen molar-refractivity contribution in [1.82, 2.24) is 30.7 Å². The molecule has 5 N–H and O–H groups in total. The van der Waals surface area contributed by atoms with Crippen molar-refractivity contribution in [3.8, 4) is 0 Å². The summed E-state index contributed by atoms with van der Waals surface area (Å²) >= 11 is 0. The maximum Gasteiger partial charge on any atom is 0.519 e. The molecule has 0 radical (unpaired) electrons. The highest BCUT2D eigenvalue weighted by Crippen LogP contribution is 2.23. The number of carbonyl (C=O) groups excluding carboxylic acids is 6. The van der Waals surface area contributed by atoms with Gasteiger partial charge in [-0.05, 0) is 60.7 Å². The molecule has 0 bridgehead atoms. The third-order valence-corrected chi connectivity index (χ3v) is 11.2. The molecule has 0 fully saturated rings. The van der Waals surface area contributed by atoms with E-state index < -0.39 is 66.3 Å². The Hall–Kier alpha value is -10.1. The van der Waals surface area contributed by atoms with Crippen molar-refractivity contribution in [2.75, 3.05) is 85.2 Å². The van der Waals surface area contributed by atoms with Gasteiger partial charge in [-0.1, -0.05) is 7.43 Å². The fourth-order valence-electron chi connectivity index (χ4n) is 6.81. The molecule has 6 rings (SSSR count). The maximum absolute atomic E-state index is 12.9. The lowest BCUT2D eigenvalue weighted by Crippen LogP contribution is -2.45. The molecule has 0 saturated carbocycles. The highest BCUT2D eigenvalue weighted by atomic mass is 16.7. The Bertz CT molecular complexity index is 3250. The predicted molar refractivity (Wildman–Crippen MR) is 283 cm³/mol. The molecular weight excluding hydrogens is 1160 g/mol. The summed E-state index contributed by atoms with van der Waals surface area (Å²) in [6.45, 7) is 13.7. The molecule has 86 heavy (non-hydrogen) atoms. The number of hydrogen-bond acceptors (Lipinski definition) is 30. The number of allylic oxidation sites excluding steroid dienone is 1. The van der Waals surface area contributed by atoms with Crippen LogP contribution in [-0.4, -0.2) is 136 Å². The number of nitrogens with zero attached hydrogens (tertiary/aromatic N) is 3. The molecule has 4 aromatic rings. The van der Waals surface area contributed by atoms with E-state index in [4.69, 9.17) is 88.4 Å². The smallest absolute Gasteiger partial charge is 0.457 e. The molecule has 35 nitrogen and oxygen atoms in total. The van der Waals surface area contributed by atoms with Gasteiger partial charge in [0.1, 0.15) is 12.0 Å². The molecule has 4 aromatic heterocycles. The zero-order valence-electron chi connectivity index (χ0n) is 46.8. The lowest BCUT2D eigenvalue weighted by Gasteiger charge is -2.27. The van der Waals surface area contributed by atoms with Crippen LogP contribution < -0.4 is 45.0 Å². The zero-order valence-corrected chi connectivity index (χ0v) is 46.8. The number of carbonyl (C=O) groups is 6. The van der Waals surface area contributed by atoms with Crippen LogP contribution in [0, 0.1) is 27.7 Å². The van der Waals surface area contributed by atoms with Gasteiger partial charge < -0.3 is 119 Å². The molecule has 2 aliphatic rings. The molecule has 0 aromatic carbocycles. The van der Waals surface area contributed by atoms with Crippen molar-refractivity contribution in [1.29, 1.82) is 0 Å². The molecule has 0 aliphatic carbocycles. The van der Waals surface area contributed by atoms with Crippen LogP contribution in [0.15, 0.2) is 103 Å². The van der Waals surface area contributed by atoms with E-state index in [9.17, 15) is 47.9 Å². The first kappa shape index (κ1) is 68.4. The van der Waals surface area contributed by atoms with E-state index in [2.05, 4.69) is 29.1 Å². The lowest BCUT2D eigenvalue weighted by atomic mass is 10.3. The quantitative estimate of drug-likeness (QED) is 0.0329. The number of hydrogen-bond donors (Lipinski definition) is 4. The van der Waals surface area contributed by atoms with E-state index in [1.165, 1.54) is 48.7 Å². The molecule has 5 amide bonds. The van der Waals surface area contributed by atoms with Crippen molar-refractivity contribution in [3.05, 3.63) is 137 Å². The fraction of sp³-hybridized carbons (Fsp3) is 0.490. The molecule has 474 valence electrons. The van der Waals surface area contributed by atoms with Gasteiger partial charge in [0, 0.05) is 71.9 Å². The van der Waals surface area contributed by atoms with Crippen LogP contribution in [0.2, 0.25) is 0 Å². The summed E-state index contributed by atoms with van der Waals surface area (Å²) in [6.07, 6.45) is -2.17. The van der Waals surface area contributed by atoms with Gasteiger partial charge >= 0.3 is 59.7 Å². The van der Waals surface area contributed by atoms with Crippen LogP contribution >= 0.6 is 0 Å². The molecule has 0 spiro atoms. The highest BCUT2D eigenvalue weighted by Gasteiger charge is 2.25. The molecule has 0 saturated heterocycles. The predicted octanol–water partition coefficient (Wildman–Crippen LogP) is 3.58. The number of ether oxygens (including phenoxy) is 10. The first-order valence-corrected chi connectivity index (χ1v) is 25.5. The fourth-order valence-corrected chi connectivity index (χ4v) is 6.81. The first-order chi connectivity index (χ1) is 40.6. The van der Waals surface area contributed by atoms with Gasteiger partial charge in [-0.15, -0.1) is 0 Å². The first-order valence-electron chi connectivity index (χ1n) is 25.5. The van der Waals surface area contributed by atoms with Crippen molar-refractivity contribution in [2.45, 2.75) is 81.3 Å². The summed E-state index contributed by atoms with van der Waals surface area (Å²) in [7, 11) is 0. The average molecular weight is 1230 g/mol. The van der Waals surface area contributed by atoms with Crippen LogP contribution in [0.1, 0.15) is 73.3 Å². The number of aryl methyl sites for hydroxylation is 4. The second-order valence-electron chi connectivity index (χ2n) is 17.4. The Morgan fingerprint density at radius 2 is 0.907 bits per heavy atom. The number of esters is 1. The third-order valence-electron chi connectivity index (χ3n) is 11.2. The van der Waals surface area contributed by atoms with Crippen LogP contribution in [0.4, 0.5) is 24.0 Å². The minimum absolute atomic E-state index is 0. The number of alkyl carbamates (subject to hydrolysis) is 2. The number of nitrogens with one attached hydrogen (secondary N) is 3.